The van der Waals surface area contributed by atoms with Gasteiger partial charge in [0.25, 0.3) is 17.5 Å². The molecule has 3 rings (SSSR count). The summed E-state index contributed by atoms with van der Waals surface area (Å²) in [6.07, 6.45) is 1.86. The predicted octanol–water partition coefficient (Wildman–Crippen LogP) is 3.41. The van der Waals surface area contributed by atoms with E-state index in [0.29, 0.717) is 13.2 Å². The Morgan fingerprint density at radius 3 is 2.68 bits per heavy atom. The normalized spacial score (nSPS) is 15.8. The largest absolute Gasteiger partial charge is 0.376 e. The molecule has 146 valence electrons. The van der Waals surface area contributed by atoms with Crippen LogP contribution in [0.2, 0.25) is 5.02 Å². The van der Waals surface area contributed by atoms with Gasteiger partial charge in [-0.25, -0.2) is 0 Å². The number of anilines is 1. The number of nitrogens with one attached hydrogen (secondary N) is 2. The summed E-state index contributed by atoms with van der Waals surface area (Å²) in [4.78, 5) is 35.4. The van der Waals surface area contributed by atoms with Gasteiger partial charge in [-0.2, -0.15) is 0 Å². The Morgan fingerprint density at radius 1 is 1.18 bits per heavy atom. The summed E-state index contributed by atoms with van der Waals surface area (Å²) in [7, 11) is 0. The molecule has 2 amide bonds. The lowest BCUT2D eigenvalue weighted by molar-refractivity contribution is -0.384. The van der Waals surface area contributed by atoms with Crippen molar-refractivity contribution in [3.8, 4) is 0 Å². The monoisotopic (exact) mass is 403 g/mol. The zero-order valence-electron chi connectivity index (χ0n) is 14.8. The van der Waals surface area contributed by atoms with Crippen LogP contribution in [0.15, 0.2) is 42.5 Å². The predicted molar refractivity (Wildman–Crippen MR) is 104 cm³/mol. The Labute approximate surface area is 166 Å². The standard InChI is InChI=1S/C19H18ClN3O5/c20-16-8-7-12(23(26)27)10-15(16)19(25)22-17-6-2-1-5-14(17)18(24)21-11-13-4-3-9-28-13/h1-2,5-8,10,13H,3-4,9,11H2,(H,21,24)(H,22,25). The second kappa shape index (κ2) is 8.81. The fourth-order valence-electron chi connectivity index (χ4n) is 2.89. The van der Waals surface area contributed by atoms with E-state index in [1.807, 2.05) is 0 Å². The van der Waals surface area contributed by atoms with Gasteiger partial charge in [0.05, 0.1) is 32.9 Å². The lowest BCUT2D eigenvalue weighted by Gasteiger charge is -2.14. The highest BCUT2D eigenvalue weighted by molar-refractivity contribution is 6.34. The topological polar surface area (TPSA) is 111 Å². The van der Waals surface area contributed by atoms with Crippen LogP contribution in [0.5, 0.6) is 0 Å². The summed E-state index contributed by atoms with van der Waals surface area (Å²) < 4.78 is 5.48. The molecule has 28 heavy (non-hydrogen) atoms. The molecule has 2 N–H and O–H groups in total. The van der Waals surface area contributed by atoms with Crippen LogP contribution in [0.4, 0.5) is 11.4 Å². The van der Waals surface area contributed by atoms with Gasteiger partial charge in [0, 0.05) is 25.3 Å². The first-order valence-corrected chi connectivity index (χ1v) is 9.07. The van der Waals surface area contributed by atoms with Crippen molar-refractivity contribution in [1.82, 2.24) is 5.32 Å². The summed E-state index contributed by atoms with van der Waals surface area (Å²) in [6, 6.07) is 10.1. The molecule has 8 nitrogen and oxygen atoms in total. The molecule has 0 saturated carbocycles. The summed E-state index contributed by atoms with van der Waals surface area (Å²) in [5.41, 5.74) is 0.248. The molecule has 9 heteroatoms. The van der Waals surface area contributed by atoms with E-state index in [2.05, 4.69) is 10.6 Å². The molecule has 1 atom stereocenters. The van der Waals surface area contributed by atoms with Crippen molar-refractivity contribution in [1.29, 1.82) is 0 Å². The number of carbonyl (C=O) groups excluding carboxylic acids is 2. The molecule has 0 aliphatic carbocycles. The first-order chi connectivity index (χ1) is 13.5. The van der Waals surface area contributed by atoms with E-state index >= 15 is 0 Å². The Hall–Kier alpha value is -2.97. The highest BCUT2D eigenvalue weighted by Crippen LogP contribution is 2.24. The van der Waals surface area contributed by atoms with E-state index < -0.39 is 10.8 Å². The molecule has 1 unspecified atom stereocenters. The average Bonchev–Trinajstić information content (AvgIpc) is 3.20. The highest BCUT2D eigenvalue weighted by atomic mass is 35.5. The Bertz CT molecular complexity index is 912. The number of hydrogen-bond donors (Lipinski definition) is 2. The smallest absolute Gasteiger partial charge is 0.270 e. The number of nitro benzene ring substituents is 1. The molecule has 1 saturated heterocycles. The maximum absolute atomic E-state index is 12.6. The third-order valence-electron chi connectivity index (χ3n) is 4.34. The molecule has 1 heterocycles. The number of rotatable bonds is 6. The SMILES string of the molecule is O=C(Nc1ccccc1C(=O)NCC1CCCO1)c1cc([N+](=O)[O-])ccc1Cl. The van der Waals surface area contributed by atoms with E-state index in [1.165, 1.54) is 12.1 Å². The van der Waals surface area contributed by atoms with Crippen LogP contribution in [-0.4, -0.2) is 36.0 Å². The van der Waals surface area contributed by atoms with Crippen LogP contribution in [0.25, 0.3) is 0 Å². The number of halogens is 1. The summed E-state index contributed by atoms with van der Waals surface area (Å²) in [5, 5.41) is 16.4. The number of benzene rings is 2. The first kappa shape index (κ1) is 19.8. The van der Waals surface area contributed by atoms with Crippen molar-refractivity contribution in [2.75, 3.05) is 18.5 Å². The van der Waals surface area contributed by atoms with Crippen molar-refractivity contribution in [2.45, 2.75) is 18.9 Å². The number of carbonyl (C=O) groups is 2. The zero-order valence-corrected chi connectivity index (χ0v) is 15.6. The van der Waals surface area contributed by atoms with Crippen LogP contribution in [0.3, 0.4) is 0 Å². The van der Waals surface area contributed by atoms with E-state index in [9.17, 15) is 19.7 Å². The number of nitrogens with zero attached hydrogens (tertiary/aromatic N) is 1. The minimum Gasteiger partial charge on any atom is -0.376 e. The summed E-state index contributed by atoms with van der Waals surface area (Å²) in [6.45, 7) is 1.08. The third kappa shape index (κ3) is 4.65. The van der Waals surface area contributed by atoms with Gasteiger partial charge < -0.3 is 15.4 Å². The number of hydrogen-bond acceptors (Lipinski definition) is 5. The average molecular weight is 404 g/mol. The minimum atomic E-state index is -0.645. The second-order valence-corrected chi connectivity index (χ2v) is 6.67. The quantitative estimate of drug-likeness (QED) is 0.567. The molecule has 2 aromatic rings. The van der Waals surface area contributed by atoms with Crippen molar-refractivity contribution >= 4 is 34.8 Å². The molecular formula is C19H18ClN3O5. The molecule has 1 fully saturated rings. The number of nitro groups is 1. The second-order valence-electron chi connectivity index (χ2n) is 6.27. The Morgan fingerprint density at radius 2 is 1.96 bits per heavy atom. The molecule has 0 spiro atoms. The van der Waals surface area contributed by atoms with Gasteiger partial charge in [0.1, 0.15) is 0 Å². The van der Waals surface area contributed by atoms with Crippen molar-refractivity contribution < 1.29 is 19.2 Å². The summed E-state index contributed by atoms with van der Waals surface area (Å²) in [5.74, 6) is -0.996. The Balaban J connectivity index is 1.75. The fraction of sp³-hybridized carbons (Fsp3) is 0.263. The van der Waals surface area contributed by atoms with E-state index in [1.54, 1.807) is 24.3 Å². The van der Waals surface area contributed by atoms with Crippen LogP contribution in [0.1, 0.15) is 33.6 Å². The van der Waals surface area contributed by atoms with Crippen molar-refractivity contribution in [2.24, 2.45) is 0 Å². The maximum atomic E-state index is 12.6. The highest BCUT2D eigenvalue weighted by Gasteiger charge is 2.20. The van der Waals surface area contributed by atoms with Crippen LogP contribution in [0, 0.1) is 10.1 Å². The van der Waals surface area contributed by atoms with Gasteiger partial charge in [-0.3, -0.25) is 19.7 Å². The van der Waals surface area contributed by atoms with Crippen LogP contribution >= 0.6 is 11.6 Å². The van der Waals surface area contributed by atoms with E-state index in [4.69, 9.17) is 16.3 Å². The zero-order chi connectivity index (χ0) is 20.1. The molecule has 0 aromatic heterocycles. The maximum Gasteiger partial charge on any atom is 0.270 e. The fourth-order valence-corrected chi connectivity index (χ4v) is 3.09. The van der Waals surface area contributed by atoms with Gasteiger partial charge in [-0.15, -0.1) is 0 Å². The number of amides is 2. The lowest BCUT2D eigenvalue weighted by atomic mass is 10.1. The minimum absolute atomic E-state index is 0.00521. The van der Waals surface area contributed by atoms with E-state index in [-0.39, 0.29) is 39.5 Å². The molecule has 2 aromatic carbocycles. The van der Waals surface area contributed by atoms with E-state index in [0.717, 1.165) is 18.9 Å². The number of ether oxygens (including phenoxy) is 1. The van der Waals surface area contributed by atoms with Crippen LogP contribution < -0.4 is 10.6 Å². The number of para-hydroxylation sites is 1. The van der Waals surface area contributed by atoms with Gasteiger partial charge in [0.2, 0.25) is 0 Å². The first-order valence-electron chi connectivity index (χ1n) is 8.70. The van der Waals surface area contributed by atoms with Gasteiger partial charge in [-0.1, -0.05) is 23.7 Å². The van der Waals surface area contributed by atoms with Gasteiger partial charge in [0.15, 0.2) is 0 Å². The van der Waals surface area contributed by atoms with Crippen molar-refractivity contribution in [3.05, 3.63) is 68.7 Å². The summed E-state index contributed by atoms with van der Waals surface area (Å²) >= 11 is 6.01. The number of non-ortho nitro benzene ring substituents is 1. The van der Waals surface area contributed by atoms with Crippen LogP contribution in [-0.2, 0) is 4.74 Å². The molecule has 0 bridgehead atoms. The third-order valence-corrected chi connectivity index (χ3v) is 4.67. The Kier molecular flexibility index (Phi) is 6.23. The van der Waals surface area contributed by atoms with Crippen molar-refractivity contribution in [3.63, 3.8) is 0 Å². The van der Waals surface area contributed by atoms with Gasteiger partial charge in [-0.05, 0) is 31.0 Å². The molecular weight excluding hydrogens is 386 g/mol. The lowest BCUT2D eigenvalue weighted by Crippen LogP contribution is -2.32. The van der Waals surface area contributed by atoms with Gasteiger partial charge >= 0.3 is 0 Å². The molecule has 1 aliphatic heterocycles. The molecule has 1 aliphatic rings. The molecule has 0 radical (unpaired) electrons.